The molecule has 0 saturated carbocycles. The number of nitrogens with zero attached hydrogens (tertiary/aromatic N) is 1. The molecule has 2 nitrogen and oxygen atoms in total. The third kappa shape index (κ3) is 1.82. The number of hydrogen-bond acceptors (Lipinski definition) is 3. The van der Waals surface area contributed by atoms with Crippen LogP contribution < -0.4 is 0 Å². The Labute approximate surface area is 118 Å². The molecule has 0 fully saturated rings. The van der Waals surface area contributed by atoms with Gasteiger partial charge < -0.3 is 4.42 Å². The molecule has 4 aromatic rings. The van der Waals surface area contributed by atoms with Crippen LogP contribution in [0.2, 0.25) is 5.02 Å². The molecule has 92 valence electrons. The maximum Gasteiger partial charge on any atom is 0.237 e. The monoisotopic (exact) mass is 285 g/mol. The number of thiophene rings is 1. The summed E-state index contributed by atoms with van der Waals surface area (Å²) in [7, 11) is 0. The normalized spacial score (nSPS) is 11.4. The Morgan fingerprint density at radius 2 is 1.95 bits per heavy atom. The van der Waals surface area contributed by atoms with Crippen LogP contribution in [0.3, 0.4) is 0 Å². The van der Waals surface area contributed by atoms with Crippen LogP contribution in [-0.2, 0) is 0 Å². The lowest BCUT2D eigenvalue weighted by atomic mass is 10.2. The second kappa shape index (κ2) is 4.08. The molecule has 0 aliphatic rings. The van der Waals surface area contributed by atoms with E-state index in [9.17, 15) is 0 Å². The summed E-state index contributed by atoms with van der Waals surface area (Å²) in [5.41, 5.74) is 1.55. The smallest absolute Gasteiger partial charge is 0.237 e. The molecule has 19 heavy (non-hydrogen) atoms. The quantitative estimate of drug-likeness (QED) is 0.470. The van der Waals surface area contributed by atoms with E-state index < -0.39 is 0 Å². The number of oxazole rings is 1. The van der Waals surface area contributed by atoms with Gasteiger partial charge in [0.1, 0.15) is 5.52 Å². The highest BCUT2D eigenvalue weighted by atomic mass is 35.5. The third-order valence-corrected chi connectivity index (χ3v) is 4.33. The van der Waals surface area contributed by atoms with Gasteiger partial charge in [-0.1, -0.05) is 29.8 Å². The van der Waals surface area contributed by atoms with E-state index in [1.54, 1.807) is 17.4 Å². The zero-order chi connectivity index (χ0) is 12.8. The second-order valence-corrected chi connectivity index (χ2v) is 5.80. The van der Waals surface area contributed by atoms with E-state index in [2.05, 4.69) is 23.2 Å². The van der Waals surface area contributed by atoms with Crippen LogP contribution in [-0.4, -0.2) is 4.98 Å². The summed E-state index contributed by atoms with van der Waals surface area (Å²) < 4.78 is 7.01. The molecule has 2 aromatic carbocycles. The largest absolute Gasteiger partial charge is 0.435 e. The van der Waals surface area contributed by atoms with Crippen LogP contribution in [0.4, 0.5) is 0 Å². The second-order valence-electron chi connectivity index (χ2n) is 4.28. The van der Waals surface area contributed by atoms with Gasteiger partial charge >= 0.3 is 0 Å². The number of halogens is 1. The van der Waals surface area contributed by atoms with Gasteiger partial charge in [0.15, 0.2) is 5.58 Å². The first kappa shape index (κ1) is 11.0. The van der Waals surface area contributed by atoms with Gasteiger partial charge in [-0.3, -0.25) is 0 Å². The zero-order valence-electron chi connectivity index (χ0n) is 9.76. The molecule has 4 heteroatoms. The molecular formula is C15H8ClNOS. The Bertz CT molecular complexity index is 860. The van der Waals surface area contributed by atoms with Gasteiger partial charge in [0.2, 0.25) is 5.89 Å². The highest BCUT2D eigenvalue weighted by molar-refractivity contribution is 7.22. The van der Waals surface area contributed by atoms with Crippen LogP contribution >= 0.6 is 22.9 Å². The van der Waals surface area contributed by atoms with E-state index in [4.69, 9.17) is 16.0 Å². The van der Waals surface area contributed by atoms with Crippen molar-refractivity contribution in [1.29, 1.82) is 0 Å². The predicted molar refractivity (Wildman–Crippen MR) is 79.8 cm³/mol. The molecule has 0 saturated heterocycles. The number of rotatable bonds is 1. The van der Waals surface area contributed by atoms with Crippen molar-refractivity contribution < 1.29 is 4.42 Å². The number of aromatic nitrogens is 1. The van der Waals surface area contributed by atoms with Crippen LogP contribution in [0, 0.1) is 0 Å². The summed E-state index contributed by atoms with van der Waals surface area (Å²) in [6.45, 7) is 0. The highest BCUT2D eigenvalue weighted by Crippen LogP contribution is 2.34. The first-order valence-corrected chi connectivity index (χ1v) is 7.04. The fourth-order valence-corrected chi connectivity index (χ4v) is 3.24. The number of fused-ring (bicyclic) bond motifs is 2. The zero-order valence-corrected chi connectivity index (χ0v) is 11.3. The minimum atomic E-state index is 0.651. The molecule has 0 N–H and O–H groups in total. The summed E-state index contributed by atoms with van der Waals surface area (Å²) in [5.74, 6) is 0.651. The molecule has 0 amide bonds. The molecule has 2 aromatic heterocycles. The van der Waals surface area contributed by atoms with E-state index in [1.165, 1.54) is 10.1 Å². The molecular weight excluding hydrogens is 278 g/mol. The number of hydrogen-bond donors (Lipinski definition) is 0. The van der Waals surface area contributed by atoms with Gasteiger partial charge in [-0.2, -0.15) is 0 Å². The van der Waals surface area contributed by atoms with E-state index in [-0.39, 0.29) is 0 Å². The minimum absolute atomic E-state index is 0.651. The van der Waals surface area contributed by atoms with Crippen molar-refractivity contribution >= 4 is 44.1 Å². The van der Waals surface area contributed by atoms with Crippen molar-refractivity contribution in [1.82, 2.24) is 4.98 Å². The average Bonchev–Trinajstić information content (AvgIpc) is 3.00. The SMILES string of the molecule is Clc1ccc2nc(-c3cc4ccccc4s3)oc2c1. The first-order chi connectivity index (χ1) is 9.29. The Balaban J connectivity index is 1.93. The molecule has 0 atom stereocenters. The topological polar surface area (TPSA) is 26.0 Å². The lowest BCUT2D eigenvalue weighted by Gasteiger charge is -1.86. The first-order valence-electron chi connectivity index (χ1n) is 5.85. The van der Waals surface area contributed by atoms with Gasteiger partial charge in [0.25, 0.3) is 0 Å². The average molecular weight is 286 g/mol. The predicted octanol–water partition coefficient (Wildman–Crippen LogP) is 5.36. The maximum absolute atomic E-state index is 5.95. The lowest BCUT2D eigenvalue weighted by Crippen LogP contribution is -1.69. The van der Waals surface area contributed by atoms with Gasteiger partial charge in [0, 0.05) is 15.8 Å². The Hall–Kier alpha value is -1.84. The Morgan fingerprint density at radius 1 is 1.05 bits per heavy atom. The lowest BCUT2D eigenvalue weighted by molar-refractivity contribution is 0.622. The summed E-state index contributed by atoms with van der Waals surface area (Å²) in [4.78, 5) is 5.54. The molecule has 0 radical (unpaired) electrons. The van der Waals surface area contributed by atoms with Gasteiger partial charge in [-0.15, -0.1) is 11.3 Å². The minimum Gasteiger partial charge on any atom is -0.435 e. The van der Waals surface area contributed by atoms with Crippen LogP contribution in [0.25, 0.3) is 32.0 Å². The van der Waals surface area contributed by atoms with E-state index in [0.717, 1.165) is 16.0 Å². The van der Waals surface area contributed by atoms with E-state index in [0.29, 0.717) is 10.9 Å². The van der Waals surface area contributed by atoms with Crippen molar-refractivity contribution in [3.63, 3.8) is 0 Å². The van der Waals surface area contributed by atoms with Crippen LogP contribution in [0.1, 0.15) is 0 Å². The summed E-state index contributed by atoms with van der Waals surface area (Å²) in [6, 6.07) is 15.9. The van der Waals surface area contributed by atoms with Gasteiger partial charge in [-0.25, -0.2) is 4.98 Å². The maximum atomic E-state index is 5.95. The summed E-state index contributed by atoms with van der Waals surface area (Å²) in [5, 5.41) is 1.87. The number of benzene rings is 2. The van der Waals surface area contributed by atoms with Crippen molar-refractivity contribution in [3.8, 4) is 10.8 Å². The molecule has 0 unspecified atom stereocenters. The highest BCUT2D eigenvalue weighted by Gasteiger charge is 2.11. The van der Waals surface area contributed by atoms with E-state index in [1.807, 2.05) is 24.3 Å². The molecule has 0 aliphatic carbocycles. The fraction of sp³-hybridized carbons (Fsp3) is 0. The molecule has 2 heterocycles. The summed E-state index contributed by atoms with van der Waals surface area (Å²) >= 11 is 7.63. The fourth-order valence-electron chi connectivity index (χ4n) is 2.09. The standard InChI is InChI=1S/C15H8ClNOS/c16-10-5-6-11-12(8-10)18-15(17-11)14-7-9-3-1-2-4-13(9)19-14/h1-8H. The molecule has 0 bridgehead atoms. The third-order valence-electron chi connectivity index (χ3n) is 2.99. The molecule has 0 aliphatic heterocycles. The van der Waals surface area contributed by atoms with Gasteiger partial charge in [-0.05, 0) is 29.7 Å². The Kier molecular flexibility index (Phi) is 2.37. The van der Waals surface area contributed by atoms with Crippen molar-refractivity contribution in [2.24, 2.45) is 0 Å². The summed E-state index contributed by atoms with van der Waals surface area (Å²) in [6.07, 6.45) is 0. The van der Waals surface area contributed by atoms with Crippen molar-refractivity contribution in [2.75, 3.05) is 0 Å². The van der Waals surface area contributed by atoms with Crippen molar-refractivity contribution in [3.05, 3.63) is 53.6 Å². The van der Waals surface area contributed by atoms with Crippen LogP contribution in [0.15, 0.2) is 52.9 Å². The van der Waals surface area contributed by atoms with Crippen LogP contribution in [0.5, 0.6) is 0 Å². The van der Waals surface area contributed by atoms with Crippen molar-refractivity contribution in [2.45, 2.75) is 0 Å². The van der Waals surface area contributed by atoms with Gasteiger partial charge in [0.05, 0.1) is 4.88 Å². The molecule has 4 rings (SSSR count). The Morgan fingerprint density at radius 3 is 2.84 bits per heavy atom. The molecule has 0 spiro atoms. The van der Waals surface area contributed by atoms with E-state index >= 15 is 0 Å².